The summed E-state index contributed by atoms with van der Waals surface area (Å²) in [5, 5.41) is 9.58. The van der Waals surface area contributed by atoms with Gasteiger partial charge in [-0.2, -0.15) is 0 Å². The van der Waals surface area contributed by atoms with E-state index in [9.17, 15) is 5.11 Å². The SMILES string of the molecule is CC(O)c1cccc(-c2ccc3c(c2)OCCO3)n1. The molecule has 1 aromatic carbocycles. The Bertz CT molecular complexity index is 596. The van der Waals surface area contributed by atoms with Crippen LogP contribution in [0.25, 0.3) is 11.3 Å². The molecular formula is C15H15NO3. The van der Waals surface area contributed by atoms with E-state index < -0.39 is 6.10 Å². The molecule has 98 valence electrons. The maximum absolute atomic E-state index is 9.58. The third-order valence-corrected chi connectivity index (χ3v) is 3.04. The lowest BCUT2D eigenvalue weighted by atomic mass is 10.1. The molecule has 0 fully saturated rings. The number of pyridine rings is 1. The number of fused-ring (bicyclic) bond motifs is 1. The van der Waals surface area contributed by atoms with Crippen LogP contribution in [-0.2, 0) is 0 Å². The van der Waals surface area contributed by atoms with E-state index >= 15 is 0 Å². The topological polar surface area (TPSA) is 51.6 Å². The summed E-state index contributed by atoms with van der Waals surface area (Å²) in [6.07, 6.45) is -0.572. The van der Waals surface area contributed by atoms with E-state index in [-0.39, 0.29) is 0 Å². The maximum atomic E-state index is 9.58. The first-order valence-electron chi connectivity index (χ1n) is 6.29. The van der Waals surface area contributed by atoms with Crippen LogP contribution in [0.2, 0.25) is 0 Å². The van der Waals surface area contributed by atoms with Gasteiger partial charge in [-0.1, -0.05) is 6.07 Å². The molecule has 1 aromatic heterocycles. The van der Waals surface area contributed by atoms with Crippen LogP contribution >= 0.6 is 0 Å². The van der Waals surface area contributed by atoms with Crippen molar-refractivity contribution in [3.63, 3.8) is 0 Å². The zero-order chi connectivity index (χ0) is 13.2. The van der Waals surface area contributed by atoms with Crippen molar-refractivity contribution >= 4 is 0 Å². The van der Waals surface area contributed by atoms with Gasteiger partial charge in [-0.25, -0.2) is 0 Å². The van der Waals surface area contributed by atoms with E-state index in [2.05, 4.69) is 4.98 Å². The van der Waals surface area contributed by atoms with Gasteiger partial charge in [-0.05, 0) is 37.3 Å². The number of hydrogen-bond donors (Lipinski definition) is 1. The molecule has 0 saturated carbocycles. The Hall–Kier alpha value is -2.07. The first kappa shape index (κ1) is 12.0. The Kier molecular flexibility index (Phi) is 3.09. The standard InChI is InChI=1S/C15H15NO3/c1-10(17)12-3-2-4-13(16-12)11-5-6-14-15(9-11)19-8-7-18-14/h2-6,9-10,17H,7-8H2,1H3. The molecule has 0 amide bonds. The number of nitrogens with zero attached hydrogens (tertiary/aromatic N) is 1. The van der Waals surface area contributed by atoms with Crippen molar-refractivity contribution < 1.29 is 14.6 Å². The van der Waals surface area contributed by atoms with Gasteiger partial charge in [0, 0.05) is 5.56 Å². The summed E-state index contributed by atoms with van der Waals surface area (Å²) in [5.74, 6) is 1.51. The molecule has 1 aliphatic rings. The van der Waals surface area contributed by atoms with Crippen molar-refractivity contribution in [3.8, 4) is 22.8 Å². The van der Waals surface area contributed by atoms with Gasteiger partial charge in [0.15, 0.2) is 11.5 Å². The molecular weight excluding hydrogens is 242 g/mol. The second-order valence-corrected chi connectivity index (χ2v) is 4.48. The summed E-state index contributed by atoms with van der Waals surface area (Å²) in [4.78, 5) is 4.45. The fraction of sp³-hybridized carbons (Fsp3) is 0.267. The first-order valence-corrected chi connectivity index (χ1v) is 6.29. The van der Waals surface area contributed by atoms with Crippen LogP contribution in [0.15, 0.2) is 36.4 Å². The second-order valence-electron chi connectivity index (χ2n) is 4.48. The Morgan fingerprint density at radius 1 is 1.11 bits per heavy atom. The molecule has 4 heteroatoms. The van der Waals surface area contributed by atoms with Crippen molar-refractivity contribution in [1.82, 2.24) is 4.98 Å². The summed E-state index contributed by atoms with van der Waals surface area (Å²) < 4.78 is 11.1. The average molecular weight is 257 g/mol. The van der Waals surface area contributed by atoms with Gasteiger partial charge in [0.2, 0.25) is 0 Å². The lowest BCUT2D eigenvalue weighted by molar-refractivity contribution is 0.171. The Morgan fingerprint density at radius 2 is 1.89 bits per heavy atom. The van der Waals surface area contributed by atoms with Gasteiger partial charge in [0.25, 0.3) is 0 Å². The molecule has 2 heterocycles. The highest BCUT2D eigenvalue weighted by molar-refractivity contribution is 5.64. The van der Waals surface area contributed by atoms with Gasteiger partial charge < -0.3 is 14.6 Å². The van der Waals surface area contributed by atoms with Crippen LogP contribution in [0.5, 0.6) is 11.5 Å². The first-order chi connectivity index (χ1) is 9.24. The Balaban J connectivity index is 2.00. The quantitative estimate of drug-likeness (QED) is 0.898. The van der Waals surface area contributed by atoms with Crippen molar-refractivity contribution in [2.45, 2.75) is 13.0 Å². The molecule has 0 aliphatic carbocycles. The van der Waals surface area contributed by atoms with Gasteiger partial charge in [-0.15, -0.1) is 0 Å². The van der Waals surface area contributed by atoms with Gasteiger partial charge in [-0.3, -0.25) is 4.98 Å². The normalized spacial score (nSPS) is 15.1. The predicted molar refractivity (Wildman–Crippen MR) is 71.3 cm³/mol. The number of rotatable bonds is 2. The highest BCUT2D eigenvalue weighted by atomic mass is 16.6. The molecule has 3 rings (SSSR count). The lowest BCUT2D eigenvalue weighted by Gasteiger charge is -2.18. The molecule has 1 aliphatic heterocycles. The van der Waals surface area contributed by atoms with Crippen molar-refractivity contribution in [2.75, 3.05) is 13.2 Å². The van der Waals surface area contributed by atoms with Crippen molar-refractivity contribution in [1.29, 1.82) is 0 Å². The number of ether oxygens (including phenoxy) is 2. The van der Waals surface area contributed by atoms with Crippen LogP contribution in [0, 0.1) is 0 Å². The van der Waals surface area contributed by atoms with Crippen LogP contribution in [0.4, 0.5) is 0 Å². The van der Waals surface area contributed by atoms with Gasteiger partial charge >= 0.3 is 0 Å². The number of aromatic nitrogens is 1. The summed E-state index contributed by atoms with van der Waals surface area (Å²) in [7, 11) is 0. The van der Waals surface area contributed by atoms with Crippen LogP contribution in [-0.4, -0.2) is 23.3 Å². The highest BCUT2D eigenvalue weighted by Gasteiger charge is 2.13. The number of benzene rings is 1. The number of aliphatic hydroxyl groups is 1. The minimum Gasteiger partial charge on any atom is -0.486 e. The Morgan fingerprint density at radius 3 is 2.68 bits per heavy atom. The van der Waals surface area contributed by atoms with E-state index in [1.807, 2.05) is 36.4 Å². The molecule has 0 saturated heterocycles. The van der Waals surface area contributed by atoms with E-state index in [1.165, 1.54) is 0 Å². The van der Waals surface area contributed by atoms with Gasteiger partial charge in [0.05, 0.1) is 17.5 Å². The molecule has 1 N–H and O–H groups in total. The smallest absolute Gasteiger partial charge is 0.162 e. The lowest BCUT2D eigenvalue weighted by Crippen LogP contribution is -2.15. The van der Waals surface area contributed by atoms with Crippen LogP contribution < -0.4 is 9.47 Å². The fourth-order valence-electron chi connectivity index (χ4n) is 2.05. The molecule has 19 heavy (non-hydrogen) atoms. The molecule has 1 unspecified atom stereocenters. The molecule has 0 bridgehead atoms. The van der Waals surface area contributed by atoms with E-state index in [4.69, 9.17) is 9.47 Å². The Labute approximate surface area is 111 Å². The number of aliphatic hydroxyl groups excluding tert-OH is 1. The summed E-state index contributed by atoms with van der Waals surface area (Å²) in [6, 6.07) is 11.4. The largest absolute Gasteiger partial charge is 0.486 e. The molecule has 4 nitrogen and oxygen atoms in total. The van der Waals surface area contributed by atoms with Crippen LogP contribution in [0.3, 0.4) is 0 Å². The minimum atomic E-state index is -0.572. The minimum absolute atomic E-state index is 0.567. The predicted octanol–water partition coefficient (Wildman–Crippen LogP) is 2.57. The number of hydrogen-bond acceptors (Lipinski definition) is 4. The van der Waals surface area contributed by atoms with E-state index in [0.29, 0.717) is 18.9 Å². The summed E-state index contributed by atoms with van der Waals surface area (Å²) >= 11 is 0. The molecule has 2 aromatic rings. The summed E-state index contributed by atoms with van der Waals surface area (Å²) in [6.45, 7) is 2.86. The van der Waals surface area contributed by atoms with E-state index in [0.717, 1.165) is 22.8 Å². The molecule has 0 spiro atoms. The third-order valence-electron chi connectivity index (χ3n) is 3.04. The zero-order valence-electron chi connectivity index (χ0n) is 10.7. The van der Waals surface area contributed by atoms with E-state index in [1.54, 1.807) is 6.92 Å². The zero-order valence-corrected chi connectivity index (χ0v) is 10.7. The monoisotopic (exact) mass is 257 g/mol. The van der Waals surface area contributed by atoms with Crippen molar-refractivity contribution in [3.05, 3.63) is 42.1 Å². The second kappa shape index (κ2) is 4.90. The van der Waals surface area contributed by atoms with Crippen molar-refractivity contribution in [2.24, 2.45) is 0 Å². The molecule has 0 radical (unpaired) electrons. The molecule has 1 atom stereocenters. The van der Waals surface area contributed by atoms with Crippen LogP contribution in [0.1, 0.15) is 18.7 Å². The third kappa shape index (κ3) is 2.39. The average Bonchev–Trinajstić information content (AvgIpc) is 2.47. The maximum Gasteiger partial charge on any atom is 0.162 e. The highest BCUT2D eigenvalue weighted by Crippen LogP contribution is 2.34. The van der Waals surface area contributed by atoms with Gasteiger partial charge in [0.1, 0.15) is 13.2 Å². The summed E-state index contributed by atoms with van der Waals surface area (Å²) in [5.41, 5.74) is 2.43. The fourth-order valence-corrected chi connectivity index (χ4v) is 2.05.